The SMILES string of the molecule is COc1ncc(CN2CCO[C@@](C)(C(=O)N3CCOCC3)C2)cn1. The van der Waals surface area contributed by atoms with Gasteiger partial charge in [0.25, 0.3) is 5.91 Å². The summed E-state index contributed by atoms with van der Waals surface area (Å²) in [5.74, 6) is 0.0430. The molecule has 3 rings (SSSR count). The fourth-order valence-electron chi connectivity index (χ4n) is 3.10. The van der Waals surface area contributed by atoms with Crippen LogP contribution >= 0.6 is 0 Å². The Hall–Kier alpha value is -1.77. The van der Waals surface area contributed by atoms with Crippen LogP contribution in [0.25, 0.3) is 0 Å². The van der Waals surface area contributed by atoms with Crippen molar-refractivity contribution in [2.24, 2.45) is 0 Å². The second-order valence-corrected chi connectivity index (χ2v) is 6.27. The molecule has 1 atom stereocenters. The van der Waals surface area contributed by atoms with E-state index in [1.54, 1.807) is 19.5 Å². The lowest BCUT2D eigenvalue weighted by atomic mass is 10.0. The van der Waals surface area contributed by atoms with Crippen molar-refractivity contribution in [2.75, 3.05) is 53.1 Å². The molecule has 2 fully saturated rings. The van der Waals surface area contributed by atoms with Crippen molar-refractivity contribution in [1.29, 1.82) is 0 Å². The number of ether oxygens (including phenoxy) is 3. The number of carbonyl (C=O) groups is 1. The third kappa shape index (κ3) is 3.82. The molecule has 0 aromatic carbocycles. The standard InChI is InChI=1S/C16H24N4O4/c1-16(14(21)20-4-6-23-7-5-20)12-19(3-8-24-16)11-13-9-17-15(22-2)18-10-13/h9-10H,3-8,11-12H2,1-2H3/t16-/m1/s1. The lowest BCUT2D eigenvalue weighted by Crippen LogP contribution is -2.60. The van der Waals surface area contributed by atoms with Crippen LogP contribution in [0.3, 0.4) is 0 Å². The maximum Gasteiger partial charge on any atom is 0.316 e. The fraction of sp³-hybridized carbons (Fsp3) is 0.688. The van der Waals surface area contributed by atoms with E-state index in [-0.39, 0.29) is 5.91 Å². The molecule has 0 unspecified atom stereocenters. The Labute approximate surface area is 141 Å². The normalized spacial score (nSPS) is 25.5. The van der Waals surface area contributed by atoms with Gasteiger partial charge in [-0.15, -0.1) is 0 Å². The van der Waals surface area contributed by atoms with Gasteiger partial charge in [-0.1, -0.05) is 0 Å². The van der Waals surface area contributed by atoms with Gasteiger partial charge in [-0.25, -0.2) is 9.97 Å². The van der Waals surface area contributed by atoms with Gasteiger partial charge in [0.1, 0.15) is 0 Å². The van der Waals surface area contributed by atoms with Crippen LogP contribution in [0.15, 0.2) is 12.4 Å². The van der Waals surface area contributed by atoms with Gasteiger partial charge in [0.2, 0.25) is 0 Å². The molecule has 1 aromatic rings. The summed E-state index contributed by atoms with van der Waals surface area (Å²) in [6, 6.07) is 0.355. The van der Waals surface area contributed by atoms with Gasteiger partial charge in [0.15, 0.2) is 5.60 Å². The number of methoxy groups -OCH3 is 1. The Morgan fingerprint density at radius 1 is 1.25 bits per heavy atom. The van der Waals surface area contributed by atoms with Gasteiger partial charge in [-0.05, 0) is 6.92 Å². The van der Waals surface area contributed by atoms with Gasteiger partial charge in [0.05, 0.1) is 26.9 Å². The lowest BCUT2D eigenvalue weighted by molar-refractivity contribution is -0.171. The van der Waals surface area contributed by atoms with Crippen molar-refractivity contribution in [3.05, 3.63) is 18.0 Å². The van der Waals surface area contributed by atoms with Gasteiger partial charge < -0.3 is 19.1 Å². The van der Waals surface area contributed by atoms with E-state index in [2.05, 4.69) is 14.9 Å². The number of hydrogen-bond donors (Lipinski definition) is 0. The lowest BCUT2D eigenvalue weighted by Gasteiger charge is -2.42. The molecule has 1 amide bonds. The highest BCUT2D eigenvalue weighted by Crippen LogP contribution is 2.22. The van der Waals surface area contributed by atoms with E-state index >= 15 is 0 Å². The summed E-state index contributed by atoms with van der Waals surface area (Å²) < 4.78 is 16.2. The second kappa shape index (κ2) is 7.42. The molecule has 0 aliphatic carbocycles. The maximum absolute atomic E-state index is 12.8. The number of hydrogen-bond acceptors (Lipinski definition) is 7. The number of morpholine rings is 2. The highest BCUT2D eigenvalue weighted by Gasteiger charge is 2.42. The largest absolute Gasteiger partial charge is 0.467 e. The van der Waals surface area contributed by atoms with Crippen molar-refractivity contribution in [3.63, 3.8) is 0 Å². The van der Waals surface area contributed by atoms with E-state index in [1.807, 2.05) is 11.8 Å². The van der Waals surface area contributed by atoms with Crippen molar-refractivity contribution in [1.82, 2.24) is 19.8 Å². The molecule has 0 spiro atoms. The van der Waals surface area contributed by atoms with Crippen LogP contribution in [0, 0.1) is 0 Å². The first-order valence-corrected chi connectivity index (χ1v) is 8.19. The van der Waals surface area contributed by atoms with Crippen LogP contribution in [0.5, 0.6) is 6.01 Å². The predicted molar refractivity (Wildman–Crippen MR) is 85.6 cm³/mol. The topological polar surface area (TPSA) is 77.0 Å². The minimum atomic E-state index is -0.817. The highest BCUT2D eigenvalue weighted by molar-refractivity contribution is 5.85. The summed E-state index contributed by atoms with van der Waals surface area (Å²) in [5.41, 5.74) is 0.169. The quantitative estimate of drug-likeness (QED) is 0.762. The van der Waals surface area contributed by atoms with E-state index in [0.717, 1.165) is 12.1 Å². The monoisotopic (exact) mass is 336 g/mol. The first-order chi connectivity index (χ1) is 11.6. The molecule has 1 aromatic heterocycles. The Morgan fingerprint density at radius 3 is 2.62 bits per heavy atom. The fourth-order valence-corrected chi connectivity index (χ4v) is 3.10. The van der Waals surface area contributed by atoms with E-state index in [4.69, 9.17) is 14.2 Å². The van der Waals surface area contributed by atoms with Crippen molar-refractivity contribution in [3.8, 4) is 6.01 Å². The summed E-state index contributed by atoms with van der Waals surface area (Å²) in [5, 5.41) is 0. The zero-order valence-corrected chi connectivity index (χ0v) is 14.2. The van der Waals surface area contributed by atoms with Crippen LogP contribution in [-0.2, 0) is 20.8 Å². The van der Waals surface area contributed by atoms with Crippen LogP contribution in [-0.4, -0.2) is 84.4 Å². The predicted octanol–water partition coefficient (Wildman–Crippen LogP) is -0.0651. The van der Waals surface area contributed by atoms with Gasteiger partial charge >= 0.3 is 6.01 Å². The summed E-state index contributed by atoms with van der Waals surface area (Å²) in [6.45, 7) is 6.86. The molecule has 0 saturated carbocycles. The van der Waals surface area contributed by atoms with Crippen molar-refractivity contribution in [2.45, 2.75) is 19.1 Å². The number of nitrogens with zero attached hydrogens (tertiary/aromatic N) is 4. The van der Waals surface area contributed by atoms with Gasteiger partial charge in [-0.2, -0.15) is 0 Å². The number of carbonyl (C=O) groups excluding carboxylic acids is 1. The summed E-state index contributed by atoms with van der Waals surface area (Å²) >= 11 is 0. The molecule has 8 nitrogen and oxygen atoms in total. The van der Waals surface area contributed by atoms with Crippen molar-refractivity contribution >= 4 is 5.91 Å². The zero-order valence-electron chi connectivity index (χ0n) is 14.2. The third-order valence-corrected chi connectivity index (χ3v) is 4.37. The summed E-state index contributed by atoms with van der Waals surface area (Å²) in [6.07, 6.45) is 3.50. The number of aromatic nitrogens is 2. The first kappa shape index (κ1) is 17.1. The van der Waals surface area contributed by atoms with Crippen LogP contribution in [0.1, 0.15) is 12.5 Å². The maximum atomic E-state index is 12.8. The molecule has 8 heteroatoms. The van der Waals surface area contributed by atoms with Crippen LogP contribution in [0.2, 0.25) is 0 Å². The Kier molecular flexibility index (Phi) is 5.27. The molecular formula is C16H24N4O4. The molecule has 0 radical (unpaired) electrons. The molecule has 2 aliphatic heterocycles. The molecule has 0 N–H and O–H groups in total. The van der Waals surface area contributed by atoms with Crippen LogP contribution in [0.4, 0.5) is 0 Å². The Balaban J connectivity index is 1.62. The smallest absolute Gasteiger partial charge is 0.316 e. The van der Waals surface area contributed by atoms with Crippen molar-refractivity contribution < 1.29 is 19.0 Å². The third-order valence-electron chi connectivity index (χ3n) is 4.37. The molecule has 2 aliphatic rings. The van der Waals surface area contributed by atoms with E-state index in [0.29, 0.717) is 52.0 Å². The first-order valence-electron chi connectivity index (χ1n) is 8.19. The van der Waals surface area contributed by atoms with Gasteiger partial charge in [-0.3, -0.25) is 9.69 Å². The zero-order chi connectivity index (χ0) is 17.0. The molecule has 132 valence electrons. The molecular weight excluding hydrogens is 312 g/mol. The second-order valence-electron chi connectivity index (χ2n) is 6.27. The Morgan fingerprint density at radius 2 is 1.96 bits per heavy atom. The van der Waals surface area contributed by atoms with E-state index in [1.165, 1.54) is 0 Å². The molecule has 24 heavy (non-hydrogen) atoms. The molecule has 3 heterocycles. The van der Waals surface area contributed by atoms with E-state index < -0.39 is 5.60 Å². The van der Waals surface area contributed by atoms with Crippen LogP contribution < -0.4 is 4.74 Å². The Bertz CT molecular complexity index is 562. The van der Waals surface area contributed by atoms with Gasteiger partial charge in [0, 0.05) is 50.7 Å². The summed E-state index contributed by atoms with van der Waals surface area (Å²) in [4.78, 5) is 25.1. The molecule has 0 bridgehead atoms. The summed E-state index contributed by atoms with van der Waals surface area (Å²) in [7, 11) is 1.54. The minimum absolute atomic E-state index is 0.0430. The number of amides is 1. The minimum Gasteiger partial charge on any atom is -0.467 e. The average molecular weight is 336 g/mol. The highest BCUT2D eigenvalue weighted by atomic mass is 16.5. The molecule has 2 saturated heterocycles. The van der Waals surface area contributed by atoms with E-state index in [9.17, 15) is 4.79 Å². The average Bonchev–Trinajstić information content (AvgIpc) is 2.62. The number of rotatable bonds is 4.